The van der Waals surface area contributed by atoms with Gasteiger partial charge in [-0.2, -0.15) is 0 Å². The Kier molecular flexibility index (Phi) is 13.5. The van der Waals surface area contributed by atoms with Gasteiger partial charge in [0.25, 0.3) is 0 Å². The minimum absolute atomic E-state index is 0.00797. The minimum Gasteiger partial charge on any atom is -0.761 e. The maximum Gasteiger partial charge on any atom is 0.326 e. The number of carbonyl (C=O) groups excluding carboxylic acids is 2. The summed E-state index contributed by atoms with van der Waals surface area (Å²) in [6.07, 6.45) is 8.64. The molecular formula is C42H44N7O12-. The summed E-state index contributed by atoms with van der Waals surface area (Å²) in [7, 11) is 0. The van der Waals surface area contributed by atoms with Crippen LogP contribution in [0, 0.1) is 5.21 Å². The van der Waals surface area contributed by atoms with Crippen LogP contribution in [0.4, 0.5) is 0 Å². The first-order valence-corrected chi connectivity index (χ1v) is 18.9. The highest BCUT2D eigenvalue weighted by Gasteiger charge is 2.39. The second-order valence-corrected chi connectivity index (χ2v) is 14.7. The van der Waals surface area contributed by atoms with Gasteiger partial charge in [-0.05, 0) is 105 Å². The molecule has 9 N–H and O–H groups in total. The number of nitrogens with zero attached hydrogens (tertiary/aromatic N) is 3. The maximum absolute atomic E-state index is 13.1. The van der Waals surface area contributed by atoms with Crippen molar-refractivity contribution in [2.75, 3.05) is 0 Å². The number of hydroxylamine groups is 1. The predicted molar refractivity (Wildman–Crippen MR) is 221 cm³/mol. The van der Waals surface area contributed by atoms with E-state index in [1.807, 2.05) is 6.92 Å². The van der Waals surface area contributed by atoms with E-state index in [1.54, 1.807) is 56.6 Å². The first kappa shape index (κ1) is 44.8. The molecule has 0 saturated carbocycles. The maximum atomic E-state index is 13.1. The topological polar surface area (TPSA) is 312 Å². The zero-order chi connectivity index (χ0) is 44.9. The van der Waals surface area contributed by atoms with Crippen molar-refractivity contribution in [2.24, 2.45) is 15.0 Å². The Morgan fingerprint density at radius 2 is 1.28 bits per heavy atom. The molecule has 1 unspecified atom stereocenters. The molecule has 0 aromatic heterocycles. The molecule has 0 spiro atoms. The fourth-order valence-corrected chi connectivity index (χ4v) is 7.21. The highest BCUT2D eigenvalue weighted by atomic mass is 16.5. The van der Waals surface area contributed by atoms with Gasteiger partial charge in [0.1, 0.15) is 17.7 Å². The number of fused-ring (bicyclic) bond motifs is 5. The van der Waals surface area contributed by atoms with Crippen LogP contribution in [-0.2, 0) is 28.8 Å². The number of rotatable bonds is 17. The third-order valence-electron chi connectivity index (χ3n) is 10.5. The zero-order valence-corrected chi connectivity index (χ0v) is 33.6. The van der Waals surface area contributed by atoms with E-state index in [1.165, 1.54) is 6.08 Å². The van der Waals surface area contributed by atoms with Crippen molar-refractivity contribution in [3.05, 3.63) is 122 Å². The van der Waals surface area contributed by atoms with Gasteiger partial charge in [-0.25, -0.2) is 24.6 Å². The van der Waals surface area contributed by atoms with Gasteiger partial charge in [0.2, 0.25) is 11.8 Å². The molecule has 0 aliphatic carbocycles. The van der Waals surface area contributed by atoms with Gasteiger partial charge in [0.15, 0.2) is 0 Å². The predicted octanol–water partition coefficient (Wildman–Crippen LogP) is 2.89. The molecule has 5 aliphatic rings. The van der Waals surface area contributed by atoms with Crippen LogP contribution < -0.4 is 21.4 Å². The van der Waals surface area contributed by atoms with Gasteiger partial charge < -0.3 is 52.2 Å². The molecule has 3 atom stereocenters. The molecule has 0 fully saturated rings. The lowest BCUT2D eigenvalue weighted by Crippen LogP contribution is -2.42. The van der Waals surface area contributed by atoms with Crippen LogP contribution in [0.15, 0.2) is 132 Å². The number of hydrogen-bond acceptors (Lipinski definition) is 13. The molecule has 19 nitrogen and oxygen atoms in total. The third-order valence-corrected chi connectivity index (χ3v) is 10.5. The number of carboxylic acids is 4. The summed E-state index contributed by atoms with van der Waals surface area (Å²) in [5.41, 5.74) is 7.16. The molecule has 5 heterocycles. The van der Waals surface area contributed by atoms with Gasteiger partial charge in [-0.15, -0.1) is 0 Å². The van der Waals surface area contributed by atoms with Crippen LogP contribution in [0.1, 0.15) is 66.2 Å². The van der Waals surface area contributed by atoms with Gasteiger partial charge in [-0.1, -0.05) is 12.7 Å². The van der Waals surface area contributed by atoms with Crippen molar-refractivity contribution in [3.63, 3.8) is 0 Å². The number of amides is 2. The van der Waals surface area contributed by atoms with Crippen LogP contribution in [0.2, 0.25) is 0 Å². The van der Waals surface area contributed by atoms with Crippen molar-refractivity contribution < 1.29 is 54.3 Å². The molecule has 0 aromatic rings. The summed E-state index contributed by atoms with van der Waals surface area (Å²) in [6.45, 7) is 10.9. The summed E-state index contributed by atoms with van der Waals surface area (Å²) in [5.74, 6) is -7.32. The first-order valence-electron chi connectivity index (χ1n) is 18.9. The standard InChI is InChI=1S/C42H44N7O12/c1-6-22-19(2)26-13-27-20(3)23(7-9-36(50)48-33(40(56)57)17-38(52)53)29(44-27)15-30-24(8-10-37(51)49-34(41(58)59)18-39(54)55)21(4)28(45-30)14-32-25(11-12-43-61)42(5,60)35(47-32)16-31(22)46-26/h6,11-16,33-34,43,47,60H,1,7-10,17-18H2,2-5H3,(H,48,50)(H,49,51)(H,52,53)(H,54,55)(H,56,57)(H,58,59)/q-1/b12-11+,26-13?,28-14?,29-15?,35-16?/t33-,34-,42?/m0/s1. The Labute approximate surface area is 348 Å². The van der Waals surface area contributed by atoms with Crippen molar-refractivity contribution in [2.45, 2.75) is 83.9 Å². The second-order valence-electron chi connectivity index (χ2n) is 14.7. The van der Waals surface area contributed by atoms with Crippen LogP contribution in [0.5, 0.6) is 0 Å². The fraction of sp³-hybridized carbons (Fsp3) is 0.310. The molecule has 61 heavy (non-hydrogen) atoms. The lowest BCUT2D eigenvalue weighted by Gasteiger charge is -2.21. The number of allylic oxidation sites excluding steroid dienone is 11. The fourth-order valence-electron chi connectivity index (χ4n) is 7.21. The van der Waals surface area contributed by atoms with Gasteiger partial charge >= 0.3 is 23.9 Å². The molecule has 8 bridgehead atoms. The molecule has 0 aromatic carbocycles. The van der Waals surface area contributed by atoms with E-state index < -0.39 is 66.2 Å². The molecule has 2 amide bonds. The van der Waals surface area contributed by atoms with E-state index in [2.05, 4.69) is 22.5 Å². The average Bonchev–Trinajstić information content (AvgIpc) is 3.81. The summed E-state index contributed by atoms with van der Waals surface area (Å²) >= 11 is 0. The lowest BCUT2D eigenvalue weighted by atomic mass is 9.92. The summed E-state index contributed by atoms with van der Waals surface area (Å²) in [6, 6.07) is -3.33. The second kappa shape index (κ2) is 18.3. The van der Waals surface area contributed by atoms with E-state index in [0.29, 0.717) is 79.1 Å². The largest absolute Gasteiger partial charge is 0.761 e. The number of aliphatic carboxylic acids is 4. The smallest absolute Gasteiger partial charge is 0.326 e. The number of carboxylic acid groups (broad SMARTS) is 4. The first-order chi connectivity index (χ1) is 28.7. The highest BCUT2D eigenvalue weighted by Crippen LogP contribution is 2.40. The SMILES string of the molecule is C=CC1=C(C)C2=CC3=NC(=CC4=NC(=CC5=C(/C=C/N[O-])C(C)(O)C(=CC1=N2)N5)C(C)=C4CCC(=O)N[C@@H](CC(=O)O)C(=O)O)C(CCC(=O)N[C@@H](CC(=O)O)C(=O)O)=C3C. The van der Waals surface area contributed by atoms with Crippen LogP contribution in [0.3, 0.4) is 0 Å². The Hall–Kier alpha value is -7.25. The summed E-state index contributed by atoms with van der Waals surface area (Å²) in [4.78, 5) is 86.6. The molecule has 0 radical (unpaired) electrons. The quantitative estimate of drug-likeness (QED) is 0.0952. The van der Waals surface area contributed by atoms with E-state index in [4.69, 9.17) is 25.2 Å². The normalized spacial score (nSPS) is 20.5. The molecule has 19 heteroatoms. The summed E-state index contributed by atoms with van der Waals surface area (Å²) in [5, 5.41) is 68.3. The molecule has 5 rings (SSSR count). The van der Waals surface area contributed by atoms with Gasteiger partial charge in [0.05, 0.1) is 52.8 Å². The monoisotopic (exact) mass is 838 g/mol. The number of carbonyl (C=O) groups is 6. The van der Waals surface area contributed by atoms with Crippen molar-refractivity contribution >= 4 is 52.8 Å². The van der Waals surface area contributed by atoms with Crippen molar-refractivity contribution in [1.82, 2.24) is 21.4 Å². The van der Waals surface area contributed by atoms with Gasteiger partial charge in [-0.3, -0.25) is 19.2 Å². The van der Waals surface area contributed by atoms with Crippen LogP contribution in [-0.4, -0.2) is 96.0 Å². The zero-order valence-electron chi connectivity index (χ0n) is 33.6. The molecule has 0 saturated heterocycles. The lowest BCUT2D eigenvalue weighted by molar-refractivity contribution is -0.147. The van der Waals surface area contributed by atoms with Crippen LogP contribution >= 0.6 is 0 Å². The molecular weight excluding hydrogens is 794 g/mol. The molecule has 5 aliphatic heterocycles. The average molecular weight is 839 g/mol. The number of aliphatic imine (C=N–C) groups is 3. The Morgan fingerprint density at radius 3 is 1.82 bits per heavy atom. The Morgan fingerprint density at radius 1 is 0.754 bits per heavy atom. The van der Waals surface area contributed by atoms with Crippen molar-refractivity contribution in [3.8, 4) is 0 Å². The number of hydrogen-bond donors (Lipinski definition) is 9. The minimum atomic E-state index is -1.67. The van der Waals surface area contributed by atoms with E-state index in [-0.39, 0.29) is 25.7 Å². The van der Waals surface area contributed by atoms with Crippen molar-refractivity contribution in [1.29, 1.82) is 0 Å². The number of nitrogens with one attached hydrogen (secondary N) is 4. The van der Waals surface area contributed by atoms with E-state index in [9.17, 15) is 49.3 Å². The Bertz CT molecular complexity index is 2410. The summed E-state index contributed by atoms with van der Waals surface area (Å²) < 4.78 is 0. The van der Waals surface area contributed by atoms with E-state index >= 15 is 0 Å². The number of aliphatic hydroxyl groups is 1. The third kappa shape index (κ3) is 9.97. The Balaban J connectivity index is 1.66. The van der Waals surface area contributed by atoms with Crippen LogP contribution in [0.25, 0.3) is 0 Å². The highest BCUT2D eigenvalue weighted by molar-refractivity contribution is 6.18. The van der Waals surface area contributed by atoms with E-state index in [0.717, 1.165) is 11.8 Å². The van der Waals surface area contributed by atoms with Gasteiger partial charge in [0, 0.05) is 29.7 Å². The molecule has 320 valence electrons.